The summed E-state index contributed by atoms with van der Waals surface area (Å²) in [5.74, 6) is 0. The number of unbranched alkanes of at least 4 members (excludes halogenated alkanes) is 1. The summed E-state index contributed by atoms with van der Waals surface area (Å²) in [7, 11) is 0. The topological polar surface area (TPSA) is 6.48 Å². The van der Waals surface area contributed by atoms with Gasteiger partial charge in [-0.2, -0.15) is 0 Å². The van der Waals surface area contributed by atoms with Crippen molar-refractivity contribution in [2.45, 2.75) is 80.2 Å². The van der Waals surface area contributed by atoms with E-state index in [1.54, 1.807) is 0 Å². The average Bonchev–Trinajstić information content (AvgIpc) is 2.35. The summed E-state index contributed by atoms with van der Waals surface area (Å²) in [5.41, 5.74) is 0.913. The van der Waals surface area contributed by atoms with Crippen LogP contribution in [0.15, 0.2) is 0 Å². The van der Waals surface area contributed by atoms with Crippen molar-refractivity contribution in [2.75, 3.05) is 32.7 Å². The van der Waals surface area contributed by atoms with Crippen LogP contribution in [0.3, 0.4) is 0 Å². The summed E-state index contributed by atoms with van der Waals surface area (Å²) in [6, 6.07) is 0. The van der Waals surface area contributed by atoms with Gasteiger partial charge in [-0.25, -0.2) is 0 Å². The van der Waals surface area contributed by atoms with E-state index >= 15 is 0 Å². The summed E-state index contributed by atoms with van der Waals surface area (Å²) in [4.78, 5) is 5.08. The van der Waals surface area contributed by atoms with Gasteiger partial charge in [0.15, 0.2) is 0 Å². The third-order valence-electron chi connectivity index (χ3n) is 4.05. The Hall–Kier alpha value is -0.0800. The lowest BCUT2D eigenvalue weighted by molar-refractivity contribution is 0.0648. The van der Waals surface area contributed by atoms with Crippen molar-refractivity contribution in [3.63, 3.8) is 0 Å². The van der Waals surface area contributed by atoms with Gasteiger partial charge in [0.05, 0.1) is 0 Å². The minimum absolute atomic E-state index is 0.361. The number of nitrogens with zero attached hydrogens (tertiary/aromatic N) is 2. The first-order chi connectivity index (χ1) is 9.10. The Morgan fingerprint density at radius 3 is 1.55 bits per heavy atom. The van der Waals surface area contributed by atoms with Gasteiger partial charge < -0.3 is 4.90 Å². The summed E-state index contributed by atoms with van der Waals surface area (Å²) < 4.78 is 0. The van der Waals surface area contributed by atoms with Crippen LogP contribution in [0.25, 0.3) is 0 Å². The van der Waals surface area contributed by atoms with Crippen LogP contribution in [0.5, 0.6) is 0 Å². The molecule has 0 aliphatic carbocycles. The van der Waals surface area contributed by atoms with Gasteiger partial charge in [0.2, 0.25) is 0 Å². The Labute approximate surface area is 128 Å². The molecule has 20 heavy (non-hydrogen) atoms. The second kappa shape index (κ2) is 9.04. The van der Waals surface area contributed by atoms with Crippen molar-refractivity contribution < 1.29 is 0 Å². The van der Waals surface area contributed by atoms with Gasteiger partial charge >= 0.3 is 0 Å². The van der Waals surface area contributed by atoms with E-state index in [1.165, 1.54) is 52.0 Å². The second-order valence-corrected chi connectivity index (χ2v) is 8.26. The first-order valence-corrected chi connectivity index (χ1v) is 8.57. The van der Waals surface area contributed by atoms with Crippen molar-refractivity contribution in [2.24, 2.45) is 5.41 Å². The normalized spacial score (nSPS) is 18.6. The molecule has 0 radical (unpaired) electrons. The van der Waals surface area contributed by atoms with Crippen molar-refractivity contribution in [1.29, 1.82) is 0 Å². The first kappa shape index (κ1) is 19.9. The summed E-state index contributed by atoms with van der Waals surface area (Å²) in [5, 5.41) is 0. The Morgan fingerprint density at radius 1 is 0.800 bits per heavy atom. The number of rotatable bonds is 3. The molecule has 0 saturated carbocycles. The molecule has 0 spiro atoms. The SMILES string of the molecule is CCCCC(C)(C)C.CCN1CCN(C(C)(C)C)CC1. The van der Waals surface area contributed by atoms with Gasteiger partial charge in [0.25, 0.3) is 0 Å². The van der Waals surface area contributed by atoms with Crippen LogP contribution in [-0.4, -0.2) is 48.1 Å². The van der Waals surface area contributed by atoms with Crippen LogP contribution in [0, 0.1) is 5.41 Å². The fourth-order valence-electron chi connectivity index (χ4n) is 2.44. The lowest BCUT2D eigenvalue weighted by Crippen LogP contribution is -2.53. The molecular weight excluding hydrogens is 244 g/mol. The number of piperazine rings is 1. The highest BCUT2D eigenvalue weighted by Gasteiger charge is 2.24. The largest absolute Gasteiger partial charge is 0.301 e. The lowest BCUT2D eigenvalue weighted by Gasteiger charge is -2.42. The van der Waals surface area contributed by atoms with Crippen LogP contribution in [0.1, 0.15) is 74.7 Å². The minimum Gasteiger partial charge on any atom is -0.301 e. The molecule has 0 aromatic carbocycles. The van der Waals surface area contributed by atoms with Crippen molar-refractivity contribution in [3.05, 3.63) is 0 Å². The van der Waals surface area contributed by atoms with Crippen LogP contribution in [-0.2, 0) is 0 Å². The predicted molar refractivity (Wildman–Crippen MR) is 92.4 cm³/mol. The van der Waals surface area contributed by atoms with Crippen molar-refractivity contribution >= 4 is 0 Å². The van der Waals surface area contributed by atoms with Crippen LogP contribution in [0.4, 0.5) is 0 Å². The molecule has 1 aliphatic rings. The van der Waals surface area contributed by atoms with Crippen LogP contribution >= 0.6 is 0 Å². The lowest BCUT2D eigenvalue weighted by atomic mass is 9.90. The highest BCUT2D eigenvalue weighted by molar-refractivity contribution is 4.81. The molecule has 2 nitrogen and oxygen atoms in total. The summed E-state index contributed by atoms with van der Waals surface area (Å²) in [6.45, 7) is 24.4. The third-order valence-corrected chi connectivity index (χ3v) is 4.05. The van der Waals surface area contributed by atoms with Gasteiger partial charge in [0, 0.05) is 31.7 Å². The van der Waals surface area contributed by atoms with E-state index in [-0.39, 0.29) is 0 Å². The fraction of sp³-hybridized carbons (Fsp3) is 1.00. The third kappa shape index (κ3) is 9.77. The van der Waals surface area contributed by atoms with Gasteiger partial charge in [-0.15, -0.1) is 0 Å². The Morgan fingerprint density at radius 2 is 1.30 bits per heavy atom. The smallest absolute Gasteiger partial charge is 0.0126 e. The molecule has 1 rings (SSSR count). The summed E-state index contributed by atoms with van der Waals surface area (Å²) in [6.07, 6.45) is 4.07. The molecule has 0 aromatic heterocycles. The molecule has 1 fully saturated rings. The molecule has 1 saturated heterocycles. The molecular formula is C18H40N2. The highest BCUT2D eigenvalue weighted by Crippen LogP contribution is 2.20. The quantitative estimate of drug-likeness (QED) is 0.744. The van der Waals surface area contributed by atoms with E-state index in [2.05, 4.69) is 65.2 Å². The monoisotopic (exact) mass is 284 g/mol. The van der Waals surface area contributed by atoms with Crippen molar-refractivity contribution in [3.8, 4) is 0 Å². The number of likely N-dealkylation sites (N-methyl/N-ethyl adjacent to an activating group) is 1. The van der Waals surface area contributed by atoms with E-state index in [0.717, 1.165) is 0 Å². The standard InChI is InChI=1S/C10H22N2.C8H18/c1-5-11-6-8-12(9-7-11)10(2,3)4;1-5-6-7-8(2,3)4/h5-9H2,1-4H3;5-7H2,1-4H3. The molecule has 0 atom stereocenters. The van der Waals surface area contributed by atoms with Gasteiger partial charge in [-0.3, -0.25) is 4.90 Å². The Bertz CT molecular complexity index is 227. The van der Waals surface area contributed by atoms with Crippen LogP contribution in [0.2, 0.25) is 0 Å². The predicted octanol–water partition coefficient (Wildman–Crippen LogP) is 4.65. The number of hydrogen-bond donors (Lipinski definition) is 0. The molecule has 0 bridgehead atoms. The highest BCUT2D eigenvalue weighted by atomic mass is 15.3. The zero-order chi connectivity index (χ0) is 15.8. The minimum atomic E-state index is 0.361. The maximum Gasteiger partial charge on any atom is 0.0126 e. The van der Waals surface area contributed by atoms with E-state index < -0.39 is 0 Å². The fourth-order valence-corrected chi connectivity index (χ4v) is 2.44. The molecule has 0 unspecified atom stereocenters. The average molecular weight is 285 g/mol. The van der Waals surface area contributed by atoms with Gasteiger partial charge in [-0.05, 0) is 39.2 Å². The molecule has 0 amide bonds. The molecule has 1 heterocycles. The molecule has 2 heteroatoms. The molecule has 0 aromatic rings. The maximum atomic E-state index is 2.57. The maximum absolute atomic E-state index is 2.57. The molecule has 1 aliphatic heterocycles. The van der Waals surface area contributed by atoms with E-state index in [0.29, 0.717) is 11.0 Å². The Balaban J connectivity index is 0.000000396. The van der Waals surface area contributed by atoms with E-state index in [1.807, 2.05) is 0 Å². The van der Waals surface area contributed by atoms with E-state index in [4.69, 9.17) is 0 Å². The zero-order valence-electron chi connectivity index (χ0n) is 15.6. The summed E-state index contributed by atoms with van der Waals surface area (Å²) >= 11 is 0. The zero-order valence-corrected chi connectivity index (χ0v) is 15.6. The molecule has 0 N–H and O–H groups in total. The Kier molecular flexibility index (Phi) is 9.01. The van der Waals surface area contributed by atoms with E-state index in [9.17, 15) is 0 Å². The number of hydrogen-bond acceptors (Lipinski definition) is 2. The van der Waals surface area contributed by atoms with Gasteiger partial charge in [0.1, 0.15) is 0 Å². The van der Waals surface area contributed by atoms with Crippen molar-refractivity contribution in [1.82, 2.24) is 9.80 Å². The first-order valence-electron chi connectivity index (χ1n) is 8.57. The molecule has 122 valence electrons. The second-order valence-electron chi connectivity index (χ2n) is 8.26. The van der Waals surface area contributed by atoms with Gasteiger partial charge in [-0.1, -0.05) is 47.5 Å². The van der Waals surface area contributed by atoms with Crippen LogP contribution < -0.4 is 0 Å².